The number of rotatable bonds is 5. The minimum absolute atomic E-state index is 0.0449. The van der Waals surface area contributed by atoms with Crippen LogP contribution in [0.3, 0.4) is 0 Å². The van der Waals surface area contributed by atoms with Gasteiger partial charge in [-0.3, -0.25) is 4.72 Å². The molecule has 0 saturated heterocycles. The Kier molecular flexibility index (Phi) is 4.23. The molecule has 0 saturated carbocycles. The summed E-state index contributed by atoms with van der Waals surface area (Å²) in [6, 6.07) is 4.62. The summed E-state index contributed by atoms with van der Waals surface area (Å²) >= 11 is 0. The van der Waals surface area contributed by atoms with Gasteiger partial charge in [-0.05, 0) is 18.6 Å². The van der Waals surface area contributed by atoms with Crippen molar-refractivity contribution in [1.29, 1.82) is 0 Å². The smallest absolute Gasteiger partial charge is 0.233 e. The van der Waals surface area contributed by atoms with Crippen molar-refractivity contribution in [1.82, 2.24) is 0 Å². The van der Waals surface area contributed by atoms with Gasteiger partial charge in [0.05, 0.1) is 17.2 Å². The summed E-state index contributed by atoms with van der Waals surface area (Å²) in [6.45, 7) is 1.63. The van der Waals surface area contributed by atoms with E-state index >= 15 is 0 Å². The molecular weight excluding hydrogens is 278 g/mol. The molecule has 0 radical (unpaired) electrons. The first-order valence-electron chi connectivity index (χ1n) is 5.07. The molecule has 0 fully saturated rings. The first-order chi connectivity index (χ1) is 8.11. The van der Waals surface area contributed by atoms with E-state index in [1.54, 1.807) is 19.1 Å². The first-order valence-corrected chi connectivity index (χ1v) is 8.79. The van der Waals surface area contributed by atoms with Gasteiger partial charge in [-0.2, -0.15) is 0 Å². The van der Waals surface area contributed by atoms with E-state index in [0.717, 1.165) is 6.26 Å². The van der Waals surface area contributed by atoms with Crippen molar-refractivity contribution in [3.8, 4) is 5.75 Å². The number of hydrogen-bond acceptors (Lipinski definition) is 5. The molecule has 2 N–H and O–H groups in total. The second-order valence-electron chi connectivity index (χ2n) is 4.02. The number of phenols is 1. The maximum atomic E-state index is 11.6. The van der Waals surface area contributed by atoms with Gasteiger partial charge in [0.25, 0.3) is 0 Å². The van der Waals surface area contributed by atoms with Gasteiger partial charge in [-0.25, -0.2) is 16.8 Å². The third kappa shape index (κ3) is 4.53. The van der Waals surface area contributed by atoms with Crippen LogP contribution < -0.4 is 4.72 Å². The molecule has 0 atom stereocenters. The SMILES string of the molecule is Cc1cccc(NS(=O)(=O)CCS(C)(=O)=O)c1O. The molecule has 0 aliphatic rings. The minimum Gasteiger partial charge on any atom is -0.505 e. The molecule has 1 rings (SSSR count). The number of sulfonamides is 1. The predicted octanol–water partition coefficient (Wildman–Crippen LogP) is 0.487. The maximum Gasteiger partial charge on any atom is 0.233 e. The van der Waals surface area contributed by atoms with Crippen LogP contribution >= 0.6 is 0 Å². The van der Waals surface area contributed by atoms with E-state index < -0.39 is 31.4 Å². The van der Waals surface area contributed by atoms with Crippen LogP contribution in [-0.2, 0) is 19.9 Å². The average Bonchev–Trinajstić information content (AvgIpc) is 2.21. The van der Waals surface area contributed by atoms with Gasteiger partial charge in [0.1, 0.15) is 15.6 Å². The van der Waals surface area contributed by atoms with Crippen LogP contribution in [0, 0.1) is 6.92 Å². The second kappa shape index (κ2) is 5.15. The van der Waals surface area contributed by atoms with E-state index in [9.17, 15) is 21.9 Å². The Labute approximate surface area is 107 Å². The van der Waals surface area contributed by atoms with Crippen molar-refractivity contribution >= 4 is 25.5 Å². The fourth-order valence-corrected chi connectivity index (χ4v) is 3.91. The number of para-hydroxylation sites is 1. The fourth-order valence-electron chi connectivity index (χ4n) is 1.22. The van der Waals surface area contributed by atoms with E-state index in [2.05, 4.69) is 4.72 Å². The van der Waals surface area contributed by atoms with E-state index in [-0.39, 0.29) is 11.4 Å². The van der Waals surface area contributed by atoms with Crippen LogP contribution in [0.1, 0.15) is 5.56 Å². The van der Waals surface area contributed by atoms with Crippen molar-refractivity contribution in [2.45, 2.75) is 6.92 Å². The fraction of sp³-hybridized carbons (Fsp3) is 0.400. The number of hydrogen-bond donors (Lipinski definition) is 2. The summed E-state index contributed by atoms with van der Waals surface area (Å²) in [4.78, 5) is 0. The highest BCUT2D eigenvalue weighted by molar-refractivity contribution is 7.95. The van der Waals surface area contributed by atoms with Gasteiger partial charge in [0, 0.05) is 6.26 Å². The second-order valence-corrected chi connectivity index (χ2v) is 8.12. The lowest BCUT2D eigenvalue weighted by Gasteiger charge is -2.10. The highest BCUT2D eigenvalue weighted by Gasteiger charge is 2.16. The molecular formula is C10H15NO5S2. The van der Waals surface area contributed by atoms with Gasteiger partial charge in [0.2, 0.25) is 10.0 Å². The zero-order valence-corrected chi connectivity index (χ0v) is 11.7. The number of nitrogens with one attached hydrogen (secondary N) is 1. The third-order valence-electron chi connectivity index (χ3n) is 2.23. The number of benzene rings is 1. The van der Waals surface area contributed by atoms with Crippen LogP contribution in [-0.4, -0.2) is 39.7 Å². The molecule has 0 heterocycles. The Morgan fingerprint density at radius 1 is 1.17 bits per heavy atom. The lowest BCUT2D eigenvalue weighted by atomic mass is 10.2. The van der Waals surface area contributed by atoms with Gasteiger partial charge in [0.15, 0.2) is 0 Å². The Balaban J connectivity index is 2.87. The van der Waals surface area contributed by atoms with Crippen LogP contribution in [0.25, 0.3) is 0 Å². The minimum atomic E-state index is -3.80. The number of aromatic hydroxyl groups is 1. The third-order valence-corrected chi connectivity index (χ3v) is 4.70. The molecule has 0 aliphatic heterocycles. The molecule has 0 bridgehead atoms. The van der Waals surface area contributed by atoms with Crippen molar-refractivity contribution in [3.63, 3.8) is 0 Å². The van der Waals surface area contributed by atoms with E-state index in [1.807, 2.05) is 0 Å². The maximum absolute atomic E-state index is 11.6. The summed E-state index contributed by atoms with van der Waals surface area (Å²) in [5, 5.41) is 9.64. The topological polar surface area (TPSA) is 101 Å². The molecule has 0 amide bonds. The molecule has 6 nitrogen and oxygen atoms in total. The molecule has 8 heteroatoms. The van der Waals surface area contributed by atoms with Crippen LogP contribution in [0.4, 0.5) is 5.69 Å². The Bertz CT molecular complexity index is 634. The number of phenolic OH excluding ortho intramolecular Hbond substituents is 1. The molecule has 0 spiro atoms. The van der Waals surface area contributed by atoms with Crippen molar-refractivity contribution in [3.05, 3.63) is 23.8 Å². The molecule has 1 aromatic carbocycles. The standard InChI is InChI=1S/C10H15NO5S2/c1-8-4-3-5-9(10(8)12)11-18(15,16)7-6-17(2,13)14/h3-5,11-12H,6-7H2,1-2H3. The summed E-state index contributed by atoms with van der Waals surface area (Å²) in [6.07, 6.45) is 0.965. The Hall–Kier alpha value is -1.28. The van der Waals surface area contributed by atoms with Gasteiger partial charge in [-0.15, -0.1) is 0 Å². The van der Waals surface area contributed by atoms with E-state index in [1.165, 1.54) is 6.07 Å². The van der Waals surface area contributed by atoms with Crippen molar-refractivity contribution in [2.24, 2.45) is 0 Å². The number of aryl methyl sites for hydroxylation is 1. The molecule has 18 heavy (non-hydrogen) atoms. The van der Waals surface area contributed by atoms with Crippen molar-refractivity contribution in [2.75, 3.05) is 22.5 Å². The first kappa shape index (κ1) is 14.8. The van der Waals surface area contributed by atoms with Crippen LogP contribution in [0.15, 0.2) is 18.2 Å². The van der Waals surface area contributed by atoms with E-state index in [4.69, 9.17) is 0 Å². The lowest BCUT2D eigenvalue weighted by molar-refractivity contribution is 0.473. The highest BCUT2D eigenvalue weighted by Crippen LogP contribution is 2.27. The zero-order chi connectivity index (χ0) is 14.0. The average molecular weight is 293 g/mol. The number of sulfone groups is 1. The Morgan fingerprint density at radius 3 is 2.33 bits per heavy atom. The summed E-state index contributed by atoms with van der Waals surface area (Å²) in [7, 11) is -7.15. The summed E-state index contributed by atoms with van der Waals surface area (Å²) in [5.41, 5.74) is 0.571. The molecule has 0 unspecified atom stereocenters. The highest BCUT2D eigenvalue weighted by atomic mass is 32.2. The van der Waals surface area contributed by atoms with E-state index in [0.29, 0.717) is 5.56 Å². The Morgan fingerprint density at radius 2 is 1.78 bits per heavy atom. The van der Waals surface area contributed by atoms with Crippen LogP contribution in [0.2, 0.25) is 0 Å². The summed E-state index contributed by atoms with van der Waals surface area (Å²) < 4.78 is 47.2. The quantitative estimate of drug-likeness (QED) is 0.769. The number of anilines is 1. The normalized spacial score (nSPS) is 12.3. The summed E-state index contributed by atoms with van der Waals surface area (Å²) in [5.74, 6) is -1.17. The molecule has 1 aromatic rings. The monoisotopic (exact) mass is 293 g/mol. The molecule has 0 aliphatic carbocycles. The molecule has 102 valence electrons. The predicted molar refractivity (Wildman–Crippen MR) is 70.0 cm³/mol. The van der Waals surface area contributed by atoms with Gasteiger partial charge >= 0.3 is 0 Å². The largest absolute Gasteiger partial charge is 0.505 e. The van der Waals surface area contributed by atoms with Crippen molar-refractivity contribution < 1.29 is 21.9 Å². The lowest BCUT2D eigenvalue weighted by Crippen LogP contribution is -2.22. The van der Waals surface area contributed by atoms with Crippen LogP contribution in [0.5, 0.6) is 5.75 Å². The zero-order valence-electron chi connectivity index (χ0n) is 10.0. The van der Waals surface area contributed by atoms with Gasteiger partial charge < -0.3 is 5.11 Å². The molecule has 0 aromatic heterocycles. The van der Waals surface area contributed by atoms with Gasteiger partial charge in [-0.1, -0.05) is 12.1 Å².